The van der Waals surface area contributed by atoms with Gasteiger partial charge in [-0.15, -0.1) is 0 Å². The summed E-state index contributed by atoms with van der Waals surface area (Å²) in [6, 6.07) is 14.0. The lowest BCUT2D eigenvalue weighted by molar-refractivity contribution is -0.118. The SMILES string of the molecule is COc1ccccc1CNC(=O)CSc1nccn1-c1ccc(C)c(C)c1. The van der Waals surface area contributed by atoms with Gasteiger partial charge in [-0.2, -0.15) is 0 Å². The summed E-state index contributed by atoms with van der Waals surface area (Å²) in [6.45, 7) is 4.62. The van der Waals surface area contributed by atoms with E-state index in [9.17, 15) is 4.79 Å². The van der Waals surface area contributed by atoms with E-state index < -0.39 is 0 Å². The number of para-hydroxylation sites is 1. The van der Waals surface area contributed by atoms with Gasteiger partial charge >= 0.3 is 0 Å². The number of ether oxygens (including phenoxy) is 1. The zero-order valence-corrected chi connectivity index (χ0v) is 16.5. The van der Waals surface area contributed by atoms with Crippen molar-refractivity contribution in [2.45, 2.75) is 25.5 Å². The van der Waals surface area contributed by atoms with Crippen molar-refractivity contribution < 1.29 is 9.53 Å². The average molecular weight is 382 g/mol. The van der Waals surface area contributed by atoms with Crippen LogP contribution in [0.25, 0.3) is 5.69 Å². The number of amides is 1. The van der Waals surface area contributed by atoms with Crippen LogP contribution >= 0.6 is 11.8 Å². The van der Waals surface area contributed by atoms with Gasteiger partial charge in [-0.3, -0.25) is 9.36 Å². The van der Waals surface area contributed by atoms with Gasteiger partial charge in [0.2, 0.25) is 5.91 Å². The number of hydrogen-bond donors (Lipinski definition) is 1. The average Bonchev–Trinajstić information content (AvgIpc) is 3.15. The van der Waals surface area contributed by atoms with E-state index in [1.54, 1.807) is 13.3 Å². The number of carbonyl (C=O) groups excluding carboxylic acids is 1. The largest absolute Gasteiger partial charge is 0.496 e. The second-order valence-corrected chi connectivity index (χ2v) is 7.17. The number of carbonyl (C=O) groups is 1. The van der Waals surface area contributed by atoms with E-state index in [2.05, 4.69) is 42.3 Å². The van der Waals surface area contributed by atoms with Crippen molar-refractivity contribution in [3.63, 3.8) is 0 Å². The Kier molecular flexibility index (Phi) is 6.19. The molecule has 0 saturated heterocycles. The Bertz CT molecular complexity index is 937. The summed E-state index contributed by atoms with van der Waals surface area (Å²) in [5, 5.41) is 3.73. The molecule has 0 aliphatic carbocycles. The Balaban J connectivity index is 1.60. The predicted octanol–water partition coefficient (Wildman–Crippen LogP) is 3.91. The van der Waals surface area contributed by atoms with Gasteiger partial charge in [-0.05, 0) is 43.2 Å². The van der Waals surface area contributed by atoms with Crippen molar-refractivity contribution in [1.82, 2.24) is 14.9 Å². The minimum absolute atomic E-state index is 0.0412. The second-order valence-electron chi connectivity index (χ2n) is 6.23. The maximum atomic E-state index is 12.2. The molecule has 1 aromatic heterocycles. The molecule has 0 unspecified atom stereocenters. The lowest BCUT2D eigenvalue weighted by atomic mass is 10.1. The van der Waals surface area contributed by atoms with Crippen molar-refractivity contribution in [1.29, 1.82) is 0 Å². The lowest BCUT2D eigenvalue weighted by Gasteiger charge is -2.11. The van der Waals surface area contributed by atoms with E-state index in [0.717, 1.165) is 22.2 Å². The van der Waals surface area contributed by atoms with Gasteiger partial charge < -0.3 is 10.1 Å². The molecule has 6 heteroatoms. The van der Waals surface area contributed by atoms with E-state index in [-0.39, 0.29) is 5.91 Å². The molecule has 3 aromatic rings. The summed E-state index contributed by atoms with van der Waals surface area (Å²) >= 11 is 1.42. The Hall–Kier alpha value is -2.73. The second kappa shape index (κ2) is 8.77. The van der Waals surface area contributed by atoms with E-state index >= 15 is 0 Å². The molecule has 140 valence electrons. The van der Waals surface area contributed by atoms with Crippen LogP contribution in [0.4, 0.5) is 0 Å². The summed E-state index contributed by atoms with van der Waals surface area (Å²) in [6.07, 6.45) is 3.67. The molecule has 27 heavy (non-hydrogen) atoms. The van der Waals surface area contributed by atoms with Gasteiger partial charge in [0.1, 0.15) is 5.75 Å². The fourth-order valence-electron chi connectivity index (χ4n) is 2.69. The molecular formula is C21H23N3O2S. The maximum absolute atomic E-state index is 12.2. The van der Waals surface area contributed by atoms with Crippen LogP contribution in [0.1, 0.15) is 16.7 Å². The van der Waals surface area contributed by atoms with Crippen molar-refractivity contribution in [2.24, 2.45) is 0 Å². The number of imidazole rings is 1. The number of benzene rings is 2. The van der Waals surface area contributed by atoms with Gasteiger partial charge in [0.15, 0.2) is 5.16 Å². The first kappa shape index (κ1) is 19.0. The number of nitrogens with zero attached hydrogens (tertiary/aromatic N) is 2. The van der Waals surface area contributed by atoms with Crippen LogP contribution in [-0.2, 0) is 11.3 Å². The molecule has 3 rings (SSSR count). The predicted molar refractivity (Wildman–Crippen MR) is 109 cm³/mol. The molecule has 0 aliphatic heterocycles. The molecule has 0 atom stereocenters. The molecule has 0 radical (unpaired) electrons. The summed E-state index contributed by atoms with van der Waals surface area (Å²) in [5.74, 6) is 1.04. The molecule has 0 fully saturated rings. The first-order valence-electron chi connectivity index (χ1n) is 8.71. The van der Waals surface area contributed by atoms with Crippen LogP contribution in [0.5, 0.6) is 5.75 Å². The van der Waals surface area contributed by atoms with Gasteiger partial charge in [0.25, 0.3) is 0 Å². The standard InChI is InChI=1S/C21H23N3O2S/c1-15-8-9-18(12-16(15)2)24-11-10-22-21(24)27-14-20(25)23-13-17-6-4-5-7-19(17)26-3/h4-12H,13-14H2,1-3H3,(H,23,25). The van der Waals surface area contributed by atoms with E-state index in [1.807, 2.05) is 35.0 Å². The van der Waals surface area contributed by atoms with Crippen molar-refractivity contribution in [3.05, 3.63) is 71.5 Å². The molecule has 0 bridgehead atoms. The number of hydrogen-bond acceptors (Lipinski definition) is 4. The maximum Gasteiger partial charge on any atom is 0.230 e. The number of rotatable bonds is 7. The van der Waals surface area contributed by atoms with Crippen LogP contribution in [0, 0.1) is 13.8 Å². The fourth-order valence-corrected chi connectivity index (χ4v) is 3.50. The van der Waals surface area contributed by atoms with E-state index in [4.69, 9.17) is 4.74 Å². The molecule has 1 heterocycles. The first-order chi connectivity index (χ1) is 13.1. The third-order valence-electron chi connectivity index (χ3n) is 4.38. The first-order valence-corrected chi connectivity index (χ1v) is 9.69. The van der Waals surface area contributed by atoms with Crippen LogP contribution in [0.2, 0.25) is 0 Å². The number of aryl methyl sites for hydroxylation is 2. The summed E-state index contributed by atoms with van der Waals surface area (Å²) in [5.41, 5.74) is 4.48. The highest BCUT2D eigenvalue weighted by Crippen LogP contribution is 2.22. The molecule has 0 saturated carbocycles. The Morgan fingerprint density at radius 1 is 1.19 bits per heavy atom. The summed E-state index contributed by atoms with van der Waals surface area (Å²) < 4.78 is 7.31. The number of aromatic nitrogens is 2. The quantitative estimate of drug-likeness (QED) is 0.631. The molecule has 0 spiro atoms. The molecule has 2 aromatic carbocycles. The number of thioether (sulfide) groups is 1. The minimum atomic E-state index is -0.0412. The number of methoxy groups -OCH3 is 1. The van der Waals surface area contributed by atoms with Gasteiger partial charge in [-0.25, -0.2) is 4.98 Å². The third-order valence-corrected chi connectivity index (χ3v) is 5.34. The van der Waals surface area contributed by atoms with Crippen molar-refractivity contribution >= 4 is 17.7 Å². The molecule has 0 aliphatic rings. The highest BCUT2D eigenvalue weighted by atomic mass is 32.2. The van der Waals surface area contributed by atoms with E-state index in [1.165, 1.54) is 22.9 Å². The zero-order valence-electron chi connectivity index (χ0n) is 15.7. The van der Waals surface area contributed by atoms with Crippen LogP contribution in [0.3, 0.4) is 0 Å². The Morgan fingerprint density at radius 3 is 2.78 bits per heavy atom. The normalized spacial score (nSPS) is 10.6. The van der Waals surface area contributed by atoms with Crippen molar-refractivity contribution in [2.75, 3.05) is 12.9 Å². The Morgan fingerprint density at radius 2 is 2.00 bits per heavy atom. The highest BCUT2D eigenvalue weighted by Gasteiger charge is 2.10. The molecule has 1 amide bonds. The monoisotopic (exact) mass is 381 g/mol. The summed E-state index contributed by atoms with van der Waals surface area (Å²) in [7, 11) is 1.63. The summed E-state index contributed by atoms with van der Waals surface area (Å²) in [4.78, 5) is 16.6. The number of nitrogens with one attached hydrogen (secondary N) is 1. The van der Waals surface area contributed by atoms with Crippen LogP contribution in [-0.4, -0.2) is 28.3 Å². The third kappa shape index (κ3) is 4.71. The van der Waals surface area contributed by atoms with E-state index in [0.29, 0.717) is 12.3 Å². The van der Waals surface area contributed by atoms with Gasteiger partial charge in [0, 0.05) is 30.2 Å². The fraction of sp³-hybridized carbons (Fsp3) is 0.238. The minimum Gasteiger partial charge on any atom is -0.496 e. The Labute approximate surface area is 163 Å². The van der Waals surface area contributed by atoms with Gasteiger partial charge in [-0.1, -0.05) is 36.0 Å². The zero-order chi connectivity index (χ0) is 19.2. The lowest BCUT2D eigenvalue weighted by Crippen LogP contribution is -2.25. The van der Waals surface area contributed by atoms with Crippen molar-refractivity contribution in [3.8, 4) is 11.4 Å². The molecule has 5 nitrogen and oxygen atoms in total. The molecular weight excluding hydrogens is 358 g/mol. The smallest absolute Gasteiger partial charge is 0.230 e. The van der Waals surface area contributed by atoms with Crippen LogP contribution in [0.15, 0.2) is 60.0 Å². The van der Waals surface area contributed by atoms with Crippen LogP contribution < -0.4 is 10.1 Å². The highest BCUT2D eigenvalue weighted by molar-refractivity contribution is 7.99. The topological polar surface area (TPSA) is 56.1 Å². The molecule has 1 N–H and O–H groups in total. The van der Waals surface area contributed by atoms with Gasteiger partial charge in [0.05, 0.1) is 12.9 Å².